The maximum absolute atomic E-state index is 11.8. The number of carbonyl (C=O) groups is 1. The van der Waals surface area contributed by atoms with E-state index < -0.39 is 11.7 Å². The number of halogens is 2. The Bertz CT molecular complexity index is 495. The first-order valence-electron chi connectivity index (χ1n) is 7.01. The molecule has 3 N–H and O–H groups in total. The van der Waals surface area contributed by atoms with Crippen molar-refractivity contribution in [2.75, 3.05) is 6.54 Å². The number of carbonyl (C=O) groups excluding carboxylic acids is 1. The zero-order valence-corrected chi connectivity index (χ0v) is 13.1. The molecule has 0 heterocycles. The second-order valence-corrected chi connectivity index (χ2v) is 6.50. The van der Waals surface area contributed by atoms with Crippen molar-refractivity contribution in [1.29, 1.82) is 0 Å². The van der Waals surface area contributed by atoms with E-state index in [-0.39, 0.29) is 18.9 Å². The number of amides is 1. The monoisotopic (exact) mass is 331 g/mol. The van der Waals surface area contributed by atoms with E-state index in [2.05, 4.69) is 5.32 Å². The van der Waals surface area contributed by atoms with E-state index in [1.165, 1.54) is 0 Å². The third kappa shape index (κ3) is 4.85. The van der Waals surface area contributed by atoms with Gasteiger partial charge in [0.1, 0.15) is 0 Å². The van der Waals surface area contributed by atoms with Crippen molar-refractivity contribution >= 4 is 29.1 Å². The molecule has 1 amide bonds. The lowest BCUT2D eigenvalue weighted by Gasteiger charge is -2.21. The molecule has 1 aromatic rings. The Hall–Kier alpha value is -0.810. The molecule has 4 nitrogen and oxygen atoms in total. The molecule has 6 heteroatoms. The van der Waals surface area contributed by atoms with Crippen LogP contribution in [0.2, 0.25) is 10.0 Å². The molecule has 1 aliphatic rings. The summed E-state index contributed by atoms with van der Waals surface area (Å²) in [6.07, 6.45) is 2.42. The van der Waals surface area contributed by atoms with Crippen molar-refractivity contribution in [3.63, 3.8) is 0 Å². The highest BCUT2D eigenvalue weighted by Crippen LogP contribution is 2.32. The maximum atomic E-state index is 11.8. The topological polar surface area (TPSA) is 69.6 Å². The second-order valence-electron chi connectivity index (χ2n) is 5.63. The number of rotatable bonds is 5. The summed E-state index contributed by atoms with van der Waals surface area (Å²) >= 11 is 11.7. The minimum atomic E-state index is -0.886. The predicted molar refractivity (Wildman–Crippen MR) is 82.5 cm³/mol. The summed E-state index contributed by atoms with van der Waals surface area (Å²) in [7, 11) is 0. The molecule has 1 aliphatic carbocycles. The van der Waals surface area contributed by atoms with Gasteiger partial charge in [0.25, 0.3) is 0 Å². The molecular weight excluding hydrogens is 313 g/mol. The van der Waals surface area contributed by atoms with Crippen LogP contribution >= 0.6 is 23.2 Å². The van der Waals surface area contributed by atoms with E-state index in [0.29, 0.717) is 28.5 Å². The Morgan fingerprint density at radius 3 is 2.38 bits per heavy atom. The fraction of sp³-hybridized carbons (Fsp3) is 0.533. The molecule has 0 bridgehead atoms. The number of hydrogen-bond acceptors (Lipinski definition) is 3. The second kappa shape index (κ2) is 6.97. The summed E-state index contributed by atoms with van der Waals surface area (Å²) in [4.78, 5) is 11.8. The summed E-state index contributed by atoms with van der Waals surface area (Å²) in [5.41, 5.74) is -0.332. The largest absolute Gasteiger partial charge is 0.389 e. The third-order valence-electron chi connectivity index (χ3n) is 3.79. The predicted octanol–water partition coefficient (Wildman–Crippen LogP) is 2.84. The number of hydrogen-bond donors (Lipinski definition) is 3. The van der Waals surface area contributed by atoms with Crippen molar-refractivity contribution in [3.05, 3.63) is 33.8 Å². The smallest absolute Gasteiger partial charge is 0.222 e. The Balaban J connectivity index is 1.85. The lowest BCUT2D eigenvalue weighted by Crippen LogP contribution is -2.36. The average Bonchev–Trinajstić information content (AvgIpc) is 2.81. The van der Waals surface area contributed by atoms with Gasteiger partial charge in [0, 0.05) is 16.6 Å². The van der Waals surface area contributed by atoms with Gasteiger partial charge in [-0.1, -0.05) is 36.0 Å². The fourth-order valence-electron chi connectivity index (χ4n) is 2.67. The van der Waals surface area contributed by atoms with Gasteiger partial charge >= 0.3 is 0 Å². The Morgan fingerprint density at radius 2 is 1.81 bits per heavy atom. The van der Waals surface area contributed by atoms with Crippen LogP contribution in [0.15, 0.2) is 18.2 Å². The van der Waals surface area contributed by atoms with Gasteiger partial charge in [-0.3, -0.25) is 4.79 Å². The Labute approximate surface area is 134 Å². The van der Waals surface area contributed by atoms with Crippen molar-refractivity contribution in [1.82, 2.24) is 5.32 Å². The first kappa shape index (κ1) is 16.6. The number of nitrogens with one attached hydrogen (secondary N) is 1. The summed E-state index contributed by atoms with van der Waals surface area (Å²) in [5.74, 6) is -0.258. The van der Waals surface area contributed by atoms with Crippen LogP contribution in [-0.2, 0) is 4.79 Å². The minimum absolute atomic E-state index is 0.0611. The van der Waals surface area contributed by atoms with E-state index in [0.717, 1.165) is 12.8 Å². The summed E-state index contributed by atoms with van der Waals surface area (Å²) in [6.45, 7) is 0.0611. The third-order valence-corrected chi connectivity index (χ3v) is 4.22. The number of benzene rings is 1. The first-order chi connectivity index (χ1) is 9.88. The van der Waals surface area contributed by atoms with Gasteiger partial charge in [-0.15, -0.1) is 0 Å². The number of aliphatic hydroxyl groups is 2. The first-order valence-corrected chi connectivity index (χ1v) is 7.77. The molecule has 1 saturated carbocycles. The molecule has 0 radical (unpaired) electrons. The molecule has 0 spiro atoms. The van der Waals surface area contributed by atoms with Crippen LogP contribution < -0.4 is 5.32 Å². The quantitative estimate of drug-likeness (QED) is 0.777. The van der Waals surface area contributed by atoms with Gasteiger partial charge in [-0.2, -0.15) is 0 Å². The molecular formula is C15H19Cl2NO3. The molecule has 21 heavy (non-hydrogen) atoms. The average molecular weight is 332 g/mol. The van der Waals surface area contributed by atoms with E-state index in [9.17, 15) is 15.0 Å². The van der Waals surface area contributed by atoms with Crippen LogP contribution in [0.3, 0.4) is 0 Å². The normalized spacial score (nSPS) is 18.5. The Morgan fingerprint density at radius 1 is 1.24 bits per heavy atom. The highest BCUT2D eigenvalue weighted by Gasteiger charge is 2.33. The highest BCUT2D eigenvalue weighted by molar-refractivity contribution is 6.34. The van der Waals surface area contributed by atoms with E-state index in [1.54, 1.807) is 18.2 Å². The molecule has 2 rings (SSSR count). The van der Waals surface area contributed by atoms with Gasteiger partial charge < -0.3 is 15.5 Å². The number of aliphatic hydroxyl groups excluding tert-OH is 1. The molecule has 0 aromatic heterocycles. The van der Waals surface area contributed by atoms with Crippen LogP contribution in [0.25, 0.3) is 0 Å². The van der Waals surface area contributed by atoms with E-state index in [4.69, 9.17) is 23.2 Å². The van der Waals surface area contributed by atoms with Gasteiger partial charge in [-0.25, -0.2) is 0 Å². The van der Waals surface area contributed by atoms with Crippen LogP contribution in [0.5, 0.6) is 0 Å². The SMILES string of the molecule is O=C(CC1(O)CCCC1)NCC(O)c1cc(Cl)cc(Cl)c1. The van der Waals surface area contributed by atoms with Crippen LogP contribution in [-0.4, -0.2) is 28.3 Å². The van der Waals surface area contributed by atoms with Gasteiger partial charge in [0.15, 0.2) is 0 Å². The lowest BCUT2D eigenvalue weighted by atomic mass is 9.97. The van der Waals surface area contributed by atoms with Crippen molar-refractivity contribution in [2.45, 2.75) is 43.8 Å². The molecule has 116 valence electrons. The zero-order valence-electron chi connectivity index (χ0n) is 11.6. The maximum Gasteiger partial charge on any atom is 0.222 e. The molecule has 0 saturated heterocycles. The van der Waals surface area contributed by atoms with Crippen molar-refractivity contribution in [2.24, 2.45) is 0 Å². The van der Waals surface area contributed by atoms with Crippen molar-refractivity contribution in [3.8, 4) is 0 Å². The van der Waals surface area contributed by atoms with Crippen LogP contribution in [0, 0.1) is 0 Å². The molecule has 0 aliphatic heterocycles. The minimum Gasteiger partial charge on any atom is -0.389 e. The van der Waals surface area contributed by atoms with Gasteiger partial charge in [0.05, 0.1) is 18.1 Å². The summed E-state index contributed by atoms with van der Waals surface area (Å²) in [5, 5.41) is 23.7. The van der Waals surface area contributed by atoms with E-state index >= 15 is 0 Å². The van der Waals surface area contributed by atoms with Crippen LogP contribution in [0.1, 0.15) is 43.8 Å². The van der Waals surface area contributed by atoms with Gasteiger partial charge in [-0.05, 0) is 36.6 Å². The van der Waals surface area contributed by atoms with Gasteiger partial charge in [0.2, 0.25) is 5.91 Å². The molecule has 1 fully saturated rings. The molecule has 1 atom stereocenters. The van der Waals surface area contributed by atoms with Crippen molar-refractivity contribution < 1.29 is 15.0 Å². The van der Waals surface area contributed by atoms with E-state index in [1.807, 2.05) is 0 Å². The highest BCUT2D eigenvalue weighted by atomic mass is 35.5. The zero-order chi connectivity index (χ0) is 15.5. The summed E-state index contributed by atoms with van der Waals surface area (Å²) < 4.78 is 0. The molecule has 1 aromatic carbocycles. The van der Waals surface area contributed by atoms with Crippen LogP contribution in [0.4, 0.5) is 0 Å². The summed E-state index contributed by atoms with van der Waals surface area (Å²) in [6, 6.07) is 4.79. The fourth-order valence-corrected chi connectivity index (χ4v) is 3.21. The Kier molecular flexibility index (Phi) is 5.49. The molecule has 1 unspecified atom stereocenters. The lowest BCUT2D eigenvalue weighted by molar-refractivity contribution is -0.126. The standard InChI is InChI=1S/C15H19Cl2NO3/c16-11-5-10(6-12(17)7-11)13(19)9-18-14(20)8-15(21)3-1-2-4-15/h5-7,13,19,21H,1-4,8-9H2,(H,18,20).